The van der Waals surface area contributed by atoms with E-state index in [1.807, 2.05) is 18.2 Å². The lowest BCUT2D eigenvalue weighted by molar-refractivity contribution is 0.602. The van der Waals surface area contributed by atoms with Crippen molar-refractivity contribution in [2.75, 3.05) is 22.6 Å². The van der Waals surface area contributed by atoms with Crippen LogP contribution >= 0.6 is 11.3 Å². The fraction of sp³-hybridized carbons (Fsp3) is 0.364. The van der Waals surface area contributed by atoms with Crippen LogP contribution < -0.4 is 11.1 Å². The maximum Gasteiger partial charge on any atom is 0.184 e. The number of nitrogens with zero attached hydrogens (tertiary/aromatic N) is 1. The van der Waals surface area contributed by atoms with Gasteiger partial charge in [-0.3, -0.25) is 0 Å². The first-order valence-corrected chi connectivity index (χ1v) is 8.29. The Morgan fingerprint density at radius 1 is 1.44 bits per heavy atom. The summed E-state index contributed by atoms with van der Waals surface area (Å²) in [5.41, 5.74) is 7.31. The van der Waals surface area contributed by atoms with Gasteiger partial charge >= 0.3 is 0 Å². The van der Waals surface area contributed by atoms with E-state index in [9.17, 15) is 8.42 Å². The molecular formula is C11H13N3O2S2. The van der Waals surface area contributed by atoms with Crippen molar-refractivity contribution >= 4 is 42.2 Å². The Bertz CT molecular complexity index is 693. The molecule has 1 aliphatic rings. The van der Waals surface area contributed by atoms with Crippen molar-refractivity contribution in [3.63, 3.8) is 0 Å². The Morgan fingerprint density at radius 3 is 3.00 bits per heavy atom. The number of hydrogen-bond acceptors (Lipinski definition) is 6. The molecule has 1 unspecified atom stereocenters. The smallest absolute Gasteiger partial charge is 0.184 e. The van der Waals surface area contributed by atoms with E-state index in [0.29, 0.717) is 12.1 Å². The van der Waals surface area contributed by atoms with Crippen molar-refractivity contribution < 1.29 is 8.42 Å². The Balaban J connectivity index is 1.83. The molecule has 0 amide bonds. The molecule has 1 aromatic heterocycles. The molecule has 0 radical (unpaired) electrons. The Labute approximate surface area is 109 Å². The minimum absolute atomic E-state index is 0.0205. The summed E-state index contributed by atoms with van der Waals surface area (Å²) in [6, 6.07) is 5.54. The van der Waals surface area contributed by atoms with Crippen LogP contribution in [-0.2, 0) is 9.84 Å². The van der Waals surface area contributed by atoms with Crippen LogP contribution in [0.2, 0.25) is 0 Å². The normalized spacial score (nSPS) is 22.3. The first-order valence-electron chi connectivity index (χ1n) is 5.65. The number of hydrogen-bond donors (Lipinski definition) is 2. The molecule has 5 nitrogen and oxygen atoms in total. The first-order chi connectivity index (χ1) is 8.52. The number of fused-ring (bicyclic) bond motifs is 1. The third kappa shape index (κ3) is 2.28. The number of nitrogens with one attached hydrogen (secondary N) is 1. The largest absolute Gasteiger partial charge is 0.399 e. The molecule has 0 aliphatic carbocycles. The van der Waals surface area contributed by atoms with Crippen molar-refractivity contribution in [2.45, 2.75) is 12.5 Å². The molecule has 1 fully saturated rings. The van der Waals surface area contributed by atoms with Crippen LogP contribution in [0.1, 0.15) is 6.42 Å². The summed E-state index contributed by atoms with van der Waals surface area (Å²) >= 11 is 1.50. The van der Waals surface area contributed by atoms with Crippen LogP contribution in [0, 0.1) is 0 Å². The Kier molecular flexibility index (Phi) is 2.67. The van der Waals surface area contributed by atoms with Crippen molar-refractivity contribution in [1.82, 2.24) is 4.98 Å². The molecule has 1 aromatic carbocycles. The van der Waals surface area contributed by atoms with Gasteiger partial charge in [0.15, 0.2) is 15.0 Å². The fourth-order valence-electron chi connectivity index (χ4n) is 2.09. The topological polar surface area (TPSA) is 85.1 Å². The summed E-state index contributed by atoms with van der Waals surface area (Å²) in [5, 5.41) is 3.95. The molecule has 1 saturated heterocycles. The maximum atomic E-state index is 11.4. The molecule has 0 saturated carbocycles. The van der Waals surface area contributed by atoms with Gasteiger partial charge < -0.3 is 11.1 Å². The second-order valence-electron chi connectivity index (χ2n) is 4.49. The van der Waals surface area contributed by atoms with Gasteiger partial charge in [0.05, 0.1) is 21.7 Å². The van der Waals surface area contributed by atoms with Gasteiger partial charge in [-0.2, -0.15) is 0 Å². The second kappa shape index (κ2) is 4.10. The van der Waals surface area contributed by atoms with E-state index in [2.05, 4.69) is 10.3 Å². The summed E-state index contributed by atoms with van der Waals surface area (Å²) in [6.45, 7) is 0. The zero-order chi connectivity index (χ0) is 12.8. The molecule has 3 N–H and O–H groups in total. The molecule has 0 bridgehead atoms. The highest BCUT2D eigenvalue weighted by molar-refractivity contribution is 7.91. The Morgan fingerprint density at radius 2 is 2.28 bits per heavy atom. The predicted octanol–water partition coefficient (Wildman–Crippen LogP) is 1.48. The molecule has 1 aliphatic heterocycles. The number of nitrogen functional groups attached to an aromatic ring is 1. The predicted molar refractivity (Wildman–Crippen MR) is 74.7 cm³/mol. The summed E-state index contributed by atoms with van der Waals surface area (Å²) in [6.07, 6.45) is 0.653. The number of aromatic nitrogens is 1. The van der Waals surface area contributed by atoms with Gasteiger partial charge in [-0.1, -0.05) is 11.3 Å². The van der Waals surface area contributed by atoms with E-state index in [-0.39, 0.29) is 17.5 Å². The van der Waals surface area contributed by atoms with Crippen LogP contribution in [0.25, 0.3) is 10.2 Å². The van der Waals surface area contributed by atoms with E-state index in [1.54, 1.807) is 0 Å². The van der Waals surface area contributed by atoms with Gasteiger partial charge in [0, 0.05) is 11.7 Å². The van der Waals surface area contributed by atoms with E-state index >= 15 is 0 Å². The van der Waals surface area contributed by atoms with Gasteiger partial charge in [-0.15, -0.1) is 0 Å². The average molecular weight is 283 g/mol. The van der Waals surface area contributed by atoms with Crippen LogP contribution in [0.4, 0.5) is 10.8 Å². The van der Waals surface area contributed by atoms with Crippen molar-refractivity contribution in [1.29, 1.82) is 0 Å². The zero-order valence-corrected chi connectivity index (χ0v) is 11.2. The molecule has 1 atom stereocenters. The third-order valence-electron chi connectivity index (χ3n) is 2.97. The van der Waals surface area contributed by atoms with E-state index < -0.39 is 9.84 Å². The molecule has 2 aromatic rings. The van der Waals surface area contributed by atoms with Crippen molar-refractivity contribution in [3.05, 3.63) is 18.2 Å². The van der Waals surface area contributed by atoms with Gasteiger partial charge in [0.2, 0.25) is 0 Å². The molecule has 18 heavy (non-hydrogen) atoms. The number of anilines is 2. The van der Waals surface area contributed by atoms with Gasteiger partial charge in [0.25, 0.3) is 0 Å². The lowest BCUT2D eigenvalue weighted by atomic mass is 10.3. The van der Waals surface area contributed by atoms with Crippen LogP contribution in [0.15, 0.2) is 18.2 Å². The maximum absolute atomic E-state index is 11.4. The minimum Gasteiger partial charge on any atom is -0.399 e. The van der Waals surface area contributed by atoms with Crippen LogP contribution in [-0.4, -0.2) is 30.9 Å². The molecule has 2 heterocycles. The monoisotopic (exact) mass is 283 g/mol. The third-order valence-corrected chi connectivity index (χ3v) is 5.69. The summed E-state index contributed by atoms with van der Waals surface area (Å²) in [7, 11) is -2.86. The molecule has 96 valence electrons. The van der Waals surface area contributed by atoms with Gasteiger partial charge in [-0.05, 0) is 24.6 Å². The van der Waals surface area contributed by atoms with Crippen molar-refractivity contribution in [3.8, 4) is 0 Å². The fourth-order valence-corrected chi connectivity index (χ4v) is 4.75. The number of nitrogens with two attached hydrogens (primary N) is 1. The van der Waals surface area contributed by atoms with Crippen LogP contribution in [0.5, 0.6) is 0 Å². The minimum atomic E-state index is -2.86. The van der Waals surface area contributed by atoms with Crippen LogP contribution in [0.3, 0.4) is 0 Å². The first kappa shape index (κ1) is 11.7. The molecule has 3 rings (SSSR count). The van der Waals surface area contributed by atoms with E-state index in [4.69, 9.17) is 5.73 Å². The summed E-state index contributed by atoms with van der Waals surface area (Å²) in [5.74, 6) is 0.466. The van der Waals surface area contributed by atoms with E-state index in [0.717, 1.165) is 15.3 Å². The summed E-state index contributed by atoms with van der Waals surface area (Å²) in [4.78, 5) is 4.42. The van der Waals surface area contributed by atoms with Gasteiger partial charge in [-0.25, -0.2) is 13.4 Å². The Hall–Kier alpha value is -1.34. The quantitative estimate of drug-likeness (QED) is 0.815. The highest BCUT2D eigenvalue weighted by Gasteiger charge is 2.28. The van der Waals surface area contributed by atoms with E-state index in [1.165, 1.54) is 11.3 Å². The molecule has 7 heteroatoms. The highest BCUT2D eigenvalue weighted by Crippen LogP contribution is 2.29. The number of sulfone groups is 1. The average Bonchev–Trinajstić information content (AvgIpc) is 2.81. The lowest BCUT2D eigenvalue weighted by Crippen LogP contribution is -2.20. The number of thiazole rings is 1. The molecule has 0 spiro atoms. The highest BCUT2D eigenvalue weighted by atomic mass is 32.2. The number of benzene rings is 1. The summed E-state index contributed by atoms with van der Waals surface area (Å²) < 4.78 is 23.8. The van der Waals surface area contributed by atoms with Crippen molar-refractivity contribution in [2.24, 2.45) is 0 Å². The van der Waals surface area contributed by atoms with Gasteiger partial charge in [0.1, 0.15) is 0 Å². The number of rotatable bonds is 2. The zero-order valence-electron chi connectivity index (χ0n) is 9.59. The molecular weight excluding hydrogens is 270 g/mol. The standard InChI is InChI=1S/C11H13N3O2S2/c12-7-1-2-9-10(5-7)17-11(14-9)13-8-3-4-18(15,16)6-8/h1-2,5,8H,3-4,6,12H2,(H,13,14). The lowest BCUT2D eigenvalue weighted by Gasteiger charge is -2.07. The SMILES string of the molecule is Nc1ccc2nc(NC3CCS(=O)(=O)C3)sc2c1. The second-order valence-corrected chi connectivity index (χ2v) is 7.75.